The van der Waals surface area contributed by atoms with E-state index in [9.17, 15) is 13.2 Å². The van der Waals surface area contributed by atoms with Gasteiger partial charge in [0.15, 0.2) is 9.84 Å². The molecule has 4 unspecified atom stereocenters. The van der Waals surface area contributed by atoms with E-state index in [4.69, 9.17) is 5.11 Å². The molecule has 1 aliphatic carbocycles. The molecule has 0 spiro atoms. The van der Waals surface area contributed by atoms with Gasteiger partial charge in [-0.25, -0.2) is 8.42 Å². The lowest BCUT2D eigenvalue weighted by Gasteiger charge is -2.32. The lowest BCUT2D eigenvalue weighted by atomic mass is 9.81. The molecule has 0 heterocycles. The summed E-state index contributed by atoms with van der Waals surface area (Å²) >= 11 is 0. The fourth-order valence-electron chi connectivity index (χ4n) is 2.38. The number of hydrogen-bond donors (Lipinski definition) is 1. The van der Waals surface area contributed by atoms with Gasteiger partial charge in [-0.2, -0.15) is 0 Å². The van der Waals surface area contributed by atoms with Gasteiger partial charge in [-0.05, 0) is 31.1 Å². The third kappa shape index (κ3) is 3.69. The Morgan fingerprint density at radius 1 is 1.29 bits per heavy atom. The van der Waals surface area contributed by atoms with Crippen molar-refractivity contribution in [2.45, 2.75) is 45.3 Å². The van der Waals surface area contributed by atoms with Crippen molar-refractivity contribution in [1.82, 2.24) is 0 Å². The number of carboxylic acid groups (broad SMARTS) is 1. The molecule has 4 atom stereocenters. The predicted molar refractivity (Wildman–Crippen MR) is 66.6 cm³/mol. The van der Waals surface area contributed by atoms with Gasteiger partial charge in [-0.3, -0.25) is 4.79 Å². The van der Waals surface area contributed by atoms with Gasteiger partial charge in [0.2, 0.25) is 0 Å². The lowest BCUT2D eigenvalue weighted by molar-refractivity contribution is -0.140. The van der Waals surface area contributed by atoms with Gasteiger partial charge in [0, 0.05) is 0 Å². The van der Waals surface area contributed by atoms with E-state index in [-0.39, 0.29) is 11.0 Å². The van der Waals surface area contributed by atoms with Crippen LogP contribution in [0.3, 0.4) is 0 Å². The van der Waals surface area contributed by atoms with Crippen LogP contribution >= 0.6 is 0 Å². The maximum Gasteiger partial charge on any atom is 0.307 e. The van der Waals surface area contributed by atoms with Crippen LogP contribution in [0, 0.1) is 17.8 Å². The van der Waals surface area contributed by atoms with E-state index in [1.807, 2.05) is 0 Å². The minimum atomic E-state index is -3.26. The molecule has 0 aromatic heterocycles. The van der Waals surface area contributed by atoms with Crippen LogP contribution in [0.25, 0.3) is 0 Å². The summed E-state index contributed by atoms with van der Waals surface area (Å²) in [5.41, 5.74) is 0. The Morgan fingerprint density at radius 3 is 2.35 bits per heavy atom. The quantitative estimate of drug-likeness (QED) is 0.840. The summed E-state index contributed by atoms with van der Waals surface area (Å²) in [6.45, 7) is 5.68. The topological polar surface area (TPSA) is 71.4 Å². The van der Waals surface area contributed by atoms with E-state index < -0.39 is 21.7 Å². The van der Waals surface area contributed by atoms with Crippen molar-refractivity contribution in [3.63, 3.8) is 0 Å². The van der Waals surface area contributed by atoms with E-state index >= 15 is 0 Å². The second-order valence-electron chi connectivity index (χ2n) is 5.46. The molecule has 17 heavy (non-hydrogen) atoms. The van der Waals surface area contributed by atoms with Crippen molar-refractivity contribution in [1.29, 1.82) is 0 Å². The molecule has 1 rings (SSSR count). The van der Waals surface area contributed by atoms with Gasteiger partial charge < -0.3 is 5.11 Å². The zero-order chi connectivity index (χ0) is 13.2. The molecular weight excluding hydrogens is 240 g/mol. The standard InChI is InChI=1S/C12H22O4S/c1-8-4-5-11(6-9(8)2)17(15,16)7-10(3)12(13)14/h8-11H,4-7H2,1-3H3,(H,13,14). The number of hydrogen-bond acceptors (Lipinski definition) is 3. The second kappa shape index (κ2) is 5.38. The third-order valence-corrected chi connectivity index (χ3v) is 6.37. The fourth-order valence-corrected chi connectivity index (χ4v) is 4.58. The third-order valence-electron chi connectivity index (χ3n) is 3.96. The molecule has 0 saturated heterocycles. The van der Waals surface area contributed by atoms with Crippen LogP contribution in [0.15, 0.2) is 0 Å². The van der Waals surface area contributed by atoms with Gasteiger partial charge in [0.25, 0.3) is 0 Å². The van der Waals surface area contributed by atoms with E-state index in [2.05, 4.69) is 13.8 Å². The van der Waals surface area contributed by atoms with Crippen molar-refractivity contribution < 1.29 is 18.3 Å². The Bertz CT molecular complexity index is 374. The van der Waals surface area contributed by atoms with Crippen LogP contribution < -0.4 is 0 Å². The zero-order valence-electron chi connectivity index (χ0n) is 10.7. The molecular formula is C12H22O4S. The van der Waals surface area contributed by atoms with Crippen LogP contribution in [0.4, 0.5) is 0 Å². The zero-order valence-corrected chi connectivity index (χ0v) is 11.5. The largest absolute Gasteiger partial charge is 0.481 e. The number of carbonyl (C=O) groups is 1. The van der Waals surface area contributed by atoms with Crippen LogP contribution in [0.5, 0.6) is 0 Å². The second-order valence-corrected chi connectivity index (χ2v) is 7.78. The Labute approximate surface area is 103 Å². The maximum atomic E-state index is 12.1. The van der Waals surface area contributed by atoms with Crippen LogP contribution in [0.2, 0.25) is 0 Å². The van der Waals surface area contributed by atoms with Gasteiger partial charge >= 0.3 is 5.97 Å². The number of carboxylic acids is 1. The predicted octanol–water partition coefficient (Wildman–Crippen LogP) is 1.95. The monoisotopic (exact) mass is 262 g/mol. The number of aliphatic carboxylic acids is 1. The molecule has 1 saturated carbocycles. The highest BCUT2D eigenvalue weighted by molar-refractivity contribution is 7.92. The highest BCUT2D eigenvalue weighted by atomic mass is 32.2. The van der Waals surface area contributed by atoms with Gasteiger partial charge in [0.1, 0.15) is 0 Å². The summed E-state index contributed by atoms with van der Waals surface area (Å²) in [7, 11) is -3.26. The first-order valence-corrected chi connectivity index (χ1v) is 7.90. The first kappa shape index (κ1) is 14.5. The molecule has 0 amide bonds. The summed E-state index contributed by atoms with van der Waals surface area (Å²) in [4.78, 5) is 10.7. The molecule has 1 N–H and O–H groups in total. The minimum absolute atomic E-state index is 0.228. The van der Waals surface area contributed by atoms with Crippen molar-refractivity contribution in [3.05, 3.63) is 0 Å². The maximum absolute atomic E-state index is 12.1. The minimum Gasteiger partial charge on any atom is -0.481 e. The Balaban J connectivity index is 2.68. The molecule has 100 valence electrons. The summed E-state index contributed by atoms with van der Waals surface area (Å²) in [5, 5.41) is 8.44. The molecule has 0 bridgehead atoms. The van der Waals surface area contributed by atoms with Crippen molar-refractivity contribution in [2.75, 3.05) is 5.75 Å². The van der Waals surface area contributed by atoms with Crippen molar-refractivity contribution in [2.24, 2.45) is 17.8 Å². The number of rotatable bonds is 4. The molecule has 5 heteroatoms. The Kier molecular flexibility index (Phi) is 4.58. The lowest BCUT2D eigenvalue weighted by Crippen LogP contribution is -2.35. The normalized spacial score (nSPS) is 32.1. The summed E-state index contributed by atoms with van der Waals surface area (Å²) in [6, 6.07) is 0. The van der Waals surface area contributed by atoms with Crippen LogP contribution in [-0.4, -0.2) is 30.5 Å². The van der Waals surface area contributed by atoms with E-state index in [0.717, 1.165) is 6.42 Å². The van der Waals surface area contributed by atoms with Crippen molar-refractivity contribution >= 4 is 15.8 Å². The van der Waals surface area contributed by atoms with Gasteiger partial charge in [-0.1, -0.05) is 20.8 Å². The molecule has 0 aromatic carbocycles. The highest BCUT2D eigenvalue weighted by Crippen LogP contribution is 2.33. The molecule has 1 fully saturated rings. The van der Waals surface area contributed by atoms with Gasteiger partial charge in [-0.15, -0.1) is 0 Å². The van der Waals surface area contributed by atoms with E-state index in [0.29, 0.717) is 24.7 Å². The van der Waals surface area contributed by atoms with Crippen molar-refractivity contribution in [3.8, 4) is 0 Å². The highest BCUT2D eigenvalue weighted by Gasteiger charge is 2.34. The number of sulfone groups is 1. The van der Waals surface area contributed by atoms with Gasteiger partial charge in [0.05, 0.1) is 16.9 Å². The first-order valence-electron chi connectivity index (χ1n) is 6.18. The molecule has 4 nitrogen and oxygen atoms in total. The summed E-state index contributed by atoms with van der Waals surface area (Å²) in [5.74, 6) is -1.10. The van der Waals surface area contributed by atoms with Crippen LogP contribution in [0.1, 0.15) is 40.0 Å². The van der Waals surface area contributed by atoms with E-state index in [1.54, 1.807) is 0 Å². The smallest absolute Gasteiger partial charge is 0.307 e. The average Bonchev–Trinajstić information content (AvgIpc) is 2.21. The summed E-state index contributed by atoms with van der Waals surface area (Å²) < 4.78 is 24.2. The average molecular weight is 262 g/mol. The molecule has 1 aliphatic rings. The molecule has 0 aromatic rings. The summed E-state index contributed by atoms with van der Waals surface area (Å²) in [6.07, 6.45) is 2.28. The Hall–Kier alpha value is -0.580. The molecule has 0 aliphatic heterocycles. The fraction of sp³-hybridized carbons (Fsp3) is 0.917. The van der Waals surface area contributed by atoms with E-state index in [1.165, 1.54) is 6.92 Å². The Morgan fingerprint density at radius 2 is 1.88 bits per heavy atom. The molecule has 0 radical (unpaired) electrons. The first-order chi connectivity index (χ1) is 7.74. The van der Waals surface area contributed by atoms with Crippen LogP contribution in [-0.2, 0) is 14.6 Å². The SMILES string of the molecule is CC(CS(=O)(=O)C1CCC(C)C(C)C1)C(=O)O.